The van der Waals surface area contributed by atoms with E-state index in [1.165, 1.54) is 11.0 Å². The number of hydrogen-bond donors (Lipinski definition) is 2. The average Bonchev–Trinajstić information content (AvgIpc) is 2.41. The Balaban J connectivity index is 2.08. The van der Waals surface area contributed by atoms with Crippen molar-refractivity contribution in [2.24, 2.45) is 5.73 Å². The van der Waals surface area contributed by atoms with Crippen molar-refractivity contribution in [3.05, 3.63) is 30.1 Å². The summed E-state index contributed by atoms with van der Waals surface area (Å²) >= 11 is 0. The second-order valence-electron chi connectivity index (χ2n) is 5.39. The zero-order valence-electron chi connectivity index (χ0n) is 12.0. The Hall–Kier alpha value is -1.95. The smallest absolute Gasteiger partial charge is 0.249 e. The van der Waals surface area contributed by atoms with E-state index in [1.54, 1.807) is 25.1 Å². The van der Waals surface area contributed by atoms with Crippen molar-refractivity contribution < 1.29 is 14.0 Å². The summed E-state index contributed by atoms with van der Waals surface area (Å²) in [7, 11) is 0. The third kappa shape index (κ3) is 3.78. The van der Waals surface area contributed by atoms with E-state index < -0.39 is 11.9 Å². The lowest BCUT2D eigenvalue weighted by molar-refractivity contribution is -0.128. The van der Waals surface area contributed by atoms with Gasteiger partial charge in [-0.1, -0.05) is 12.1 Å². The Kier molecular flexibility index (Phi) is 4.90. The minimum atomic E-state index is -0.607. The molecule has 0 aliphatic carbocycles. The monoisotopic (exact) mass is 293 g/mol. The fraction of sp³-hybridized carbons (Fsp3) is 0.467. The largest absolute Gasteiger partial charge is 0.344 e. The number of nitrogens with one attached hydrogen (secondary N) is 1. The van der Waals surface area contributed by atoms with Gasteiger partial charge in [-0.3, -0.25) is 9.59 Å². The zero-order chi connectivity index (χ0) is 15.4. The van der Waals surface area contributed by atoms with Crippen molar-refractivity contribution in [1.29, 1.82) is 0 Å². The molecule has 2 atom stereocenters. The zero-order valence-corrected chi connectivity index (χ0v) is 12.0. The highest BCUT2D eigenvalue weighted by Crippen LogP contribution is 2.23. The Bertz CT molecular complexity index is 533. The number of benzene rings is 1. The van der Waals surface area contributed by atoms with Crippen LogP contribution in [-0.2, 0) is 9.59 Å². The van der Waals surface area contributed by atoms with E-state index in [0.717, 1.165) is 0 Å². The van der Waals surface area contributed by atoms with Gasteiger partial charge in [-0.25, -0.2) is 4.39 Å². The van der Waals surface area contributed by atoms with Gasteiger partial charge in [0.25, 0.3) is 0 Å². The second kappa shape index (κ2) is 6.67. The number of carbonyl (C=O) groups is 2. The molecule has 0 bridgehead atoms. The molecule has 114 valence electrons. The number of nitrogens with two attached hydrogens (primary N) is 1. The molecule has 1 aromatic rings. The SMILES string of the molecule is CC(N)CC(=O)NC1CCCN(c2ccccc2F)C1=O. The summed E-state index contributed by atoms with van der Waals surface area (Å²) in [6, 6.07) is 5.29. The van der Waals surface area contributed by atoms with Gasteiger partial charge in [0.15, 0.2) is 0 Å². The van der Waals surface area contributed by atoms with E-state index >= 15 is 0 Å². The predicted octanol–water partition coefficient (Wildman–Crippen LogP) is 1.17. The number of hydrogen-bond acceptors (Lipinski definition) is 3. The van der Waals surface area contributed by atoms with E-state index in [0.29, 0.717) is 19.4 Å². The van der Waals surface area contributed by atoms with Crippen molar-refractivity contribution in [2.75, 3.05) is 11.4 Å². The molecule has 1 aliphatic rings. The van der Waals surface area contributed by atoms with E-state index in [9.17, 15) is 14.0 Å². The van der Waals surface area contributed by atoms with E-state index in [1.807, 2.05) is 0 Å². The minimum absolute atomic E-state index is 0.170. The molecular weight excluding hydrogens is 273 g/mol. The van der Waals surface area contributed by atoms with Crippen molar-refractivity contribution in [3.63, 3.8) is 0 Å². The van der Waals surface area contributed by atoms with E-state index in [4.69, 9.17) is 5.73 Å². The first-order chi connectivity index (χ1) is 9.99. The molecule has 0 radical (unpaired) electrons. The fourth-order valence-corrected chi connectivity index (χ4v) is 2.46. The van der Waals surface area contributed by atoms with Gasteiger partial charge in [0.2, 0.25) is 11.8 Å². The molecule has 0 saturated carbocycles. The molecule has 1 aromatic carbocycles. The van der Waals surface area contributed by atoms with E-state index in [2.05, 4.69) is 5.32 Å². The van der Waals surface area contributed by atoms with Crippen LogP contribution in [0.25, 0.3) is 0 Å². The quantitative estimate of drug-likeness (QED) is 0.875. The van der Waals surface area contributed by atoms with Gasteiger partial charge < -0.3 is 16.0 Å². The van der Waals surface area contributed by atoms with Crippen molar-refractivity contribution >= 4 is 17.5 Å². The van der Waals surface area contributed by atoms with Crippen LogP contribution in [0.1, 0.15) is 26.2 Å². The molecule has 2 rings (SSSR count). The number of piperidine rings is 1. The maximum atomic E-state index is 13.8. The first-order valence-corrected chi connectivity index (χ1v) is 7.10. The Morgan fingerprint density at radius 3 is 2.90 bits per heavy atom. The summed E-state index contributed by atoms with van der Waals surface area (Å²) in [6.07, 6.45) is 1.45. The predicted molar refractivity (Wildman–Crippen MR) is 78.2 cm³/mol. The molecule has 0 aromatic heterocycles. The van der Waals surface area contributed by atoms with Crippen LogP contribution in [0.4, 0.5) is 10.1 Å². The van der Waals surface area contributed by atoms with Crippen LogP contribution in [0.15, 0.2) is 24.3 Å². The highest BCUT2D eigenvalue weighted by molar-refractivity contribution is 6.00. The lowest BCUT2D eigenvalue weighted by Gasteiger charge is -2.33. The molecule has 2 unspecified atom stereocenters. The molecule has 1 fully saturated rings. The van der Waals surface area contributed by atoms with Crippen molar-refractivity contribution in [2.45, 2.75) is 38.3 Å². The van der Waals surface area contributed by atoms with Gasteiger partial charge >= 0.3 is 0 Å². The molecule has 1 saturated heterocycles. The average molecular weight is 293 g/mol. The fourth-order valence-electron chi connectivity index (χ4n) is 2.46. The molecule has 5 nitrogen and oxygen atoms in total. The first kappa shape index (κ1) is 15.4. The molecule has 0 spiro atoms. The number of nitrogens with zero attached hydrogens (tertiary/aromatic N) is 1. The number of halogens is 1. The van der Waals surface area contributed by atoms with Crippen molar-refractivity contribution in [1.82, 2.24) is 5.32 Å². The van der Waals surface area contributed by atoms with E-state index in [-0.39, 0.29) is 30.0 Å². The normalized spacial score (nSPS) is 20.2. The molecule has 2 amide bonds. The van der Waals surface area contributed by atoms with Crippen LogP contribution in [0.2, 0.25) is 0 Å². The summed E-state index contributed by atoms with van der Waals surface area (Å²) < 4.78 is 13.8. The number of rotatable bonds is 4. The highest BCUT2D eigenvalue weighted by atomic mass is 19.1. The number of carbonyl (C=O) groups excluding carboxylic acids is 2. The Morgan fingerprint density at radius 2 is 2.24 bits per heavy atom. The summed E-state index contributed by atoms with van der Waals surface area (Å²) in [5.41, 5.74) is 5.82. The van der Waals surface area contributed by atoms with Gasteiger partial charge in [-0.15, -0.1) is 0 Å². The number of para-hydroxylation sites is 1. The molecule has 3 N–H and O–H groups in total. The molecule has 6 heteroatoms. The third-order valence-corrected chi connectivity index (χ3v) is 3.42. The van der Waals surface area contributed by atoms with Crippen LogP contribution < -0.4 is 16.0 Å². The summed E-state index contributed by atoms with van der Waals surface area (Å²) in [5, 5.41) is 2.69. The topological polar surface area (TPSA) is 75.4 Å². The molecular formula is C15H20FN3O2. The van der Waals surface area contributed by atoms with Gasteiger partial charge in [0, 0.05) is 19.0 Å². The maximum Gasteiger partial charge on any atom is 0.249 e. The molecule has 21 heavy (non-hydrogen) atoms. The number of anilines is 1. The standard InChI is InChI=1S/C15H20FN3O2/c1-10(17)9-14(20)18-12-6-4-8-19(15(12)21)13-7-3-2-5-11(13)16/h2-3,5,7,10,12H,4,6,8-9,17H2,1H3,(H,18,20). The van der Waals surface area contributed by atoms with Crippen LogP contribution in [0.5, 0.6) is 0 Å². The third-order valence-electron chi connectivity index (χ3n) is 3.42. The van der Waals surface area contributed by atoms with Crippen LogP contribution >= 0.6 is 0 Å². The minimum Gasteiger partial charge on any atom is -0.344 e. The summed E-state index contributed by atoms with van der Waals surface area (Å²) in [4.78, 5) is 25.6. The number of amides is 2. The Morgan fingerprint density at radius 1 is 1.52 bits per heavy atom. The Labute approximate surface area is 123 Å². The van der Waals surface area contributed by atoms with Crippen molar-refractivity contribution in [3.8, 4) is 0 Å². The van der Waals surface area contributed by atoms with Gasteiger partial charge in [0.1, 0.15) is 11.9 Å². The van der Waals surface area contributed by atoms with Crippen LogP contribution in [-0.4, -0.2) is 30.4 Å². The summed E-state index contributed by atoms with van der Waals surface area (Å²) in [6.45, 7) is 2.19. The second-order valence-corrected chi connectivity index (χ2v) is 5.39. The lowest BCUT2D eigenvalue weighted by atomic mass is 10.0. The van der Waals surface area contributed by atoms with Crippen LogP contribution in [0.3, 0.4) is 0 Å². The molecule has 1 heterocycles. The highest BCUT2D eigenvalue weighted by Gasteiger charge is 2.31. The lowest BCUT2D eigenvalue weighted by Crippen LogP contribution is -2.53. The maximum absolute atomic E-state index is 13.8. The van der Waals surface area contributed by atoms with Gasteiger partial charge in [0.05, 0.1) is 5.69 Å². The van der Waals surface area contributed by atoms with Gasteiger partial charge in [-0.05, 0) is 31.9 Å². The molecule has 1 aliphatic heterocycles. The first-order valence-electron chi connectivity index (χ1n) is 7.10. The summed E-state index contributed by atoms with van der Waals surface area (Å²) in [5.74, 6) is -0.962. The van der Waals surface area contributed by atoms with Gasteiger partial charge in [-0.2, -0.15) is 0 Å². The van der Waals surface area contributed by atoms with Crippen LogP contribution in [0, 0.1) is 5.82 Å².